The third-order valence-electron chi connectivity index (χ3n) is 3.89. The van der Waals surface area contributed by atoms with Crippen molar-refractivity contribution >= 4 is 17.3 Å². The summed E-state index contributed by atoms with van der Waals surface area (Å²) < 4.78 is 4.74. The molecule has 5 nitrogen and oxygen atoms in total. The predicted octanol–water partition coefficient (Wildman–Crippen LogP) is 2.34. The van der Waals surface area contributed by atoms with Gasteiger partial charge in [0.1, 0.15) is 0 Å². The van der Waals surface area contributed by atoms with Crippen LogP contribution in [-0.2, 0) is 4.74 Å². The molecule has 0 bridgehead atoms. The Bertz CT molecular complexity index is 484. The van der Waals surface area contributed by atoms with Crippen molar-refractivity contribution < 1.29 is 9.53 Å². The van der Waals surface area contributed by atoms with Gasteiger partial charge in [0.2, 0.25) is 0 Å². The lowest BCUT2D eigenvalue weighted by Gasteiger charge is -2.30. The zero-order valence-corrected chi connectivity index (χ0v) is 12.9. The summed E-state index contributed by atoms with van der Waals surface area (Å²) in [5, 5.41) is 3.40. The molecule has 116 valence electrons. The van der Waals surface area contributed by atoms with Gasteiger partial charge in [-0.15, -0.1) is 0 Å². The van der Waals surface area contributed by atoms with E-state index in [4.69, 9.17) is 10.5 Å². The predicted molar refractivity (Wildman–Crippen MR) is 85.6 cm³/mol. The number of anilines is 2. The largest absolute Gasteiger partial charge is 0.465 e. The van der Waals surface area contributed by atoms with Gasteiger partial charge in [-0.3, -0.25) is 0 Å². The minimum absolute atomic E-state index is 0.276. The van der Waals surface area contributed by atoms with Crippen LogP contribution >= 0.6 is 0 Å². The Balaban J connectivity index is 1.99. The number of nitrogens with zero attached hydrogens (tertiary/aromatic N) is 1. The van der Waals surface area contributed by atoms with Crippen molar-refractivity contribution in [2.75, 3.05) is 37.8 Å². The summed E-state index contributed by atoms with van der Waals surface area (Å²) in [6.45, 7) is 5.47. The highest BCUT2D eigenvalue weighted by Gasteiger charge is 2.16. The maximum absolute atomic E-state index is 11.7. The van der Waals surface area contributed by atoms with Gasteiger partial charge >= 0.3 is 5.97 Å². The molecule has 2 rings (SSSR count). The highest BCUT2D eigenvalue weighted by molar-refractivity contribution is 5.98. The van der Waals surface area contributed by atoms with Crippen molar-refractivity contribution in [2.24, 2.45) is 0 Å². The number of rotatable bonds is 5. The molecule has 0 saturated carbocycles. The lowest BCUT2D eigenvalue weighted by Crippen LogP contribution is -2.38. The maximum Gasteiger partial charge on any atom is 0.340 e. The summed E-state index contributed by atoms with van der Waals surface area (Å²) in [5.74, 6) is -0.403. The molecule has 1 aliphatic heterocycles. The number of nitrogens with two attached hydrogens (primary N) is 1. The van der Waals surface area contributed by atoms with E-state index in [0.29, 0.717) is 11.3 Å². The van der Waals surface area contributed by atoms with Crippen LogP contribution in [0.2, 0.25) is 0 Å². The lowest BCUT2D eigenvalue weighted by molar-refractivity contribution is 0.0602. The molecule has 21 heavy (non-hydrogen) atoms. The van der Waals surface area contributed by atoms with Gasteiger partial charge in [-0.25, -0.2) is 4.79 Å². The molecule has 5 heteroatoms. The van der Waals surface area contributed by atoms with E-state index >= 15 is 0 Å². The van der Waals surface area contributed by atoms with Gasteiger partial charge in [0, 0.05) is 12.6 Å². The molecule has 1 heterocycles. The molecule has 1 saturated heterocycles. The Morgan fingerprint density at radius 3 is 2.76 bits per heavy atom. The zero-order chi connectivity index (χ0) is 15.2. The van der Waals surface area contributed by atoms with Crippen LogP contribution in [0.5, 0.6) is 0 Å². The first-order valence-electron chi connectivity index (χ1n) is 7.57. The molecule has 3 N–H and O–H groups in total. The van der Waals surface area contributed by atoms with Crippen molar-refractivity contribution in [3.05, 3.63) is 23.8 Å². The molecule has 0 aromatic heterocycles. The number of methoxy groups -OCH3 is 1. The van der Waals surface area contributed by atoms with Crippen molar-refractivity contribution in [3.63, 3.8) is 0 Å². The fourth-order valence-corrected chi connectivity index (χ4v) is 2.82. The van der Waals surface area contributed by atoms with Crippen LogP contribution in [0.15, 0.2) is 18.2 Å². The van der Waals surface area contributed by atoms with Gasteiger partial charge in [-0.05, 0) is 45.0 Å². The SMILES string of the molecule is COC(=O)c1cccc(NC(C)CN2CCCCC2)c1N. The van der Waals surface area contributed by atoms with Crippen LogP contribution < -0.4 is 11.1 Å². The number of nitrogen functional groups attached to an aromatic ring is 1. The Labute approximate surface area is 126 Å². The average Bonchev–Trinajstić information content (AvgIpc) is 2.49. The van der Waals surface area contributed by atoms with Crippen LogP contribution in [0.3, 0.4) is 0 Å². The van der Waals surface area contributed by atoms with Gasteiger partial charge in [0.25, 0.3) is 0 Å². The number of hydrogen-bond acceptors (Lipinski definition) is 5. The first-order chi connectivity index (χ1) is 10.1. The molecule has 0 amide bonds. The molecule has 0 radical (unpaired) electrons. The van der Waals surface area contributed by atoms with Gasteiger partial charge in [0.15, 0.2) is 0 Å². The maximum atomic E-state index is 11.7. The van der Waals surface area contributed by atoms with Crippen LogP contribution in [0.25, 0.3) is 0 Å². The number of benzene rings is 1. The van der Waals surface area contributed by atoms with Crippen LogP contribution in [0, 0.1) is 0 Å². The van der Waals surface area contributed by atoms with Crippen LogP contribution in [0.4, 0.5) is 11.4 Å². The number of nitrogens with one attached hydrogen (secondary N) is 1. The monoisotopic (exact) mass is 291 g/mol. The van der Waals surface area contributed by atoms with Crippen molar-refractivity contribution in [2.45, 2.75) is 32.2 Å². The summed E-state index contributed by atoms with van der Waals surface area (Å²) >= 11 is 0. The van der Waals surface area contributed by atoms with Crippen molar-refractivity contribution in [1.29, 1.82) is 0 Å². The zero-order valence-electron chi connectivity index (χ0n) is 12.9. The Morgan fingerprint density at radius 2 is 2.10 bits per heavy atom. The van der Waals surface area contributed by atoms with Crippen LogP contribution in [0.1, 0.15) is 36.5 Å². The topological polar surface area (TPSA) is 67.6 Å². The van der Waals surface area contributed by atoms with E-state index < -0.39 is 5.97 Å². The molecule has 0 aliphatic carbocycles. The standard InChI is InChI=1S/C16H25N3O2/c1-12(11-19-9-4-3-5-10-19)18-14-8-6-7-13(15(14)17)16(20)21-2/h6-8,12,18H,3-5,9-11,17H2,1-2H3. The first kappa shape index (κ1) is 15.6. The molecular formula is C16H25N3O2. The number of esters is 1. The van der Waals surface area contributed by atoms with E-state index in [0.717, 1.165) is 12.2 Å². The van der Waals surface area contributed by atoms with Gasteiger partial charge in [-0.2, -0.15) is 0 Å². The smallest absolute Gasteiger partial charge is 0.340 e. The Morgan fingerprint density at radius 1 is 1.38 bits per heavy atom. The van der Waals surface area contributed by atoms with E-state index in [1.165, 1.54) is 39.5 Å². The number of piperidine rings is 1. The second-order valence-electron chi connectivity index (χ2n) is 5.67. The van der Waals surface area contributed by atoms with E-state index in [1.807, 2.05) is 12.1 Å². The normalized spacial score (nSPS) is 17.2. The van der Waals surface area contributed by atoms with Crippen molar-refractivity contribution in [3.8, 4) is 0 Å². The molecule has 1 aromatic rings. The molecule has 1 unspecified atom stereocenters. The summed E-state index contributed by atoms with van der Waals surface area (Å²) in [6.07, 6.45) is 3.91. The minimum Gasteiger partial charge on any atom is -0.465 e. The number of hydrogen-bond donors (Lipinski definition) is 2. The van der Waals surface area contributed by atoms with Gasteiger partial charge < -0.3 is 20.7 Å². The molecule has 1 fully saturated rings. The summed E-state index contributed by atoms with van der Waals surface area (Å²) in [5.41, 5.74) is 7.72. The number of carbonyl (C=O) groups excluding carboxylic acids is 1. The molecule has 1 atom stereocenters. The second kappa shape index (κ2) is 7.31. The fourth-order valence-electron chi connectivity index (χ4n) is 2.82. The number of ether oxygens (including phenoxy) is 1. The second-order valence-corrected chi connectivity index (χ2v) is 5.67. The van der Waals surface area contributed by atoms with E-state index in [1.54, 1.807) is 6.07 Å². The third kappa shape index (κ3) is 4.11. The molecule has 1 aromatic carbocycles. The molecule has 0 spiro atoms. The summed E-state index contributed by atoms with van der Waals surface area (Å²) in [7, 11) is 1.36. The van der Waals surface area contributed by atoms with Crippen LogP contribution in [-0.4, -0.2) is 43.7 Å². The van der Waals surface area contributed by atoms with Crippen molar-refractivity contribution in [1.82, 2.24) is 4.90 Å². The average molecular weight is 291 g/mol. The van der Waals surface area contributed by atoms with E-state index in [-0.39, 0.29) is 6.04 Å². The van der Waals surface area contributed by atoms with E-state index in [2.05, 4.69) is 17.1 Å². The first-order valence-corrected chi connectivity index (χ1v) is 7.57. The third-order valence-corrected chi connectivity index (χ3v) is 3.89. The van der Waals surface area contributed by atoms with Gasteiger partial charge in [-0.1, -0.05) is 12.5 Å². The minimum atomic E-state index is -0.403. The summed E-state index contributed by atoms with van der Waals surface area (Å²) in [6, 6.07) is 5.67. The number of likely N-dealkylation sites (tertiary alicyclic amines) is 1. The highest BCUT2D eigenvalue weighted by Crippen LogP contribution is 2.24. The Hall–Kier alpha value is -1.75. The quantitative estimate of drug-likeness (QED) is 0.644. The lowest BCUT2D eigenvalue weighted by atomic mass is 10.1. The number of para-hydroxylation sites is 1. The van der Waals surface area contributed by atoms with E-state index in [9.17, 15) is 4.79 Å². The van der Waals surface area contributed by atoms with Gasteiger partial charge in [0.05, 0.1) is 24.0 Å². The highest BCUT2D eigenvalue weighted by atomic mass is 16.5. The summed E-state index contributed by atoms with van der Waals surface area (Å²) in [4.78, 5) is 14.1. The fraction of sp³-hybridized carbons (Fsp3) is 0.562. The Kier molecular flexibility index (Phi) is 5.44. The number of carbonyl (C=O) groups is 1. The molecule has 1 aliphatic rings. The molecular weight excluding hydrogens is 266 g/mol.